The van der Waals surface area contributed by atoms with E-state index in [0.717, 1.165) is 0 Å². The Labute approximate surface area is 128 Å². The second-order valence-electron chi connectivity index (χ2n) is 6.44. The Hall–Kier alpha value is -1.99. The van der Waals surface area contributed by atoms with Gasteiger partial charge in [-0.05, 0) is 26.0 Å². The van der Waals surface area contributed by atoms with Crippen molar-refractivity contribution < 1.29 is 19.2 Å². The van der Waals surface area contributed by atoms with Gasteiger partial charge in [0.05, 0.1) is 23.6 Å². The first-order valence-electron chi connectivity index (χ1n) is 7.12. The van der Waals surface area contributed by atoms with Crippen LogP contribution in [0.3, 0.4) is 0 Å². The molecule has 22 heavy (non-hydrogen) atoms. The first-order valence-corrected chi connectivity index (χ1v) is 7.12. The molecular weight excluding hydrogens is 288 g/mol. The summed E-state index contributed by atoms with van der Waals surface area (Å²) >= 11 is 0. The number of carbonyl (C=O) groups is 1. The molecule has 2 fully saturated rings. The van der Waals surface area contributed by atoms with Gasteiger partial charge in [-0.1, -0.05) is 0 Å². The van der Waals surface area contributed by atoms with E-state index in [1.54, 1.807) is 4.90 Å². The lowest BCUT2D eigenvalue weighted by molar-refractivity contribution is -0.384. The Kier molecular flexibility index (Phi) is 3.41. The van der Waals surface area contributed by atoms with Crippen molar-refractivity contribution in [2.24, 2.45) is 5.41 Å². The third-order valence-electron chi connectivity index (χ3n) is 4.12. The third kappa shape index (κ3) is 2.69. The van der Waals surface area contributed by atoms with Crippen LogP contribution in [-0.4, -0.2) is 47.8 Å². The van der Waals surface area contributed by atoms with Gasteiger partial charge in [0.1, 0.15) is 0 Å². The molecule has 2 saturated heterocycles. The summed E-state index contributed by atoms with van der Waals surface area (Å²) in [5.41, 5.74) is 0.317. The van der Waals surface area contributed by atoms with Gasteiger partial charge in [-0.15, -0.1) is 0 Å². The highest BCUT2D eigenvalue weighted by molar-refractivity contribution is 5.95. The van der Waals surface area contributed by atoms with Crippen molar-refractivity contribution in [1.29, 1.82) is 0 Å². The molecular formula is C15H18N2O5. The summed E-state index contributed by atoms with van der Waals surface area (Å²) in [5.74, 6) is -0.682. The number of nitro groups is 1. The lowest BCUT2D eigenvalue weighted by Crippen LogP contribution is -2.65. The average Bonchev–Trinajstić information content (AvgIpc) is 2.45. The van der Waals surface area contributed by atoms with Crippen LogP contribution in [0.25, 0.3) is 0 Å². The monoisotopic (exact) mass is 306 g/mol. The van der Waals surface area contributed by atoms with E-state index in [1.807, 2.05) is 13.8 Å². The van der Waals surface area contributed by atoms with Gasteiger partial charge < -0.3 is 14.4 Å². The fraction of sp³-hybridized carbons (Fsp3) is 0.533. The van der Waals surface area contributed by atoms with Crippen LogP contribution >= 0.6 is 0 Å². The zero-order chi connectivity index (χ0) is 16.0. The van der Waals surface area contributed by atoms with Crippen molar-refractivity contribution in [2.45, 2.75) is 19.6 Å². The van der Waals surface area contributed by atoms with Crippen LogP contribution in [0.5, 0.6) is 0 Å². The Morgan fingerprint density at radius 1 is 1.18 bits per heavy atom. The summed E-state index contributed by atoms with van der Waals surface area (Å²) in [6.07, 6.45) is 0. The van der Waals surface area contributed by atoms with Crippen molar-refractivity contribution in [1.82, 2.24) is 4.90 Å². The molecule has 0 bridgehead atoms. The molecule has 3 rings (SSSR count). The minimum Gasteiger partial charge on any atom is -0.350 e. The molecule has 1 aromatic rings. The molecule has 0 atom stereocenters. The van der Waals surface area contributed by atoms with Gasteiger partial charge in [0, 0.05) is 30.8 Å². The SMILES string of the molecule is CC1(C)OCC2(CO1)CN(C(=O)c1ccc([N+](=O)[O-])cc1)C2. The number of carbonyl (C=O) groups excluding carboxylic acids is 1. The highest BCUT2D eigenvalue weighted by atomic mass is 16.7. The van der Waals surface area contributed by atoms with Crippen LogP contribution in [0.15, 0.2) is 24.3 Å². The third-order valence-corrected chi connectivity index (χ3v) is 4.12. The molecule has 0 saturated carbocycles. The maximum Gasteiger partial charge on any atom is 0.269 e. The number of benzene rings is 1. The van der Waals surface area contributed by atoms with E-state index in [4.69, 9.17) is 9.47 Å². The normalized spacial score (nSPS) is 22.2. The molecule has 1 amide bonds. The highest BCUT2D eigenvalue weighted by Crippen LogP contribution is 2.38. The zero-order valence-corrected chi connectivity index (χ0v) is 12.6. The van der Waals surface area contributed by atoms with Gasteiger partial charge in [0.15, 0.2) is 5.79 Å². The Bertz CT molecular complexity index is 593. The molecule has 2 heterocycles. The maximum absolute atomic E-state index is 12.3. The Morgan fingerprint density at radius 3 is 2.23 bits per heavy atom. The first-order chi connectivity index (χ1) is 10.3. The Balaban J connectivity index is 1.61. The maximum atomic E-state index is 12.3. The Morgan fingerprint density at radius 2 is 1.73 bits per heavy atom. The van der Waals surface area contributed by atoms with Crippen LogP contribution < -0.4 is 0 Å². The molecule has 0 N–H and O–H groups in total. The second kappa shape index (κ2) is 5.03. The first kappa shape index (κ1) is 14.9. The summed E-state index contributed by atoms with van der Waals surface area (Å²) in [4.78, 5) is 24.2. The molecule has 118 valence electrons. The largest absolute Gasteiger partial charge is 0.350 e. The van der Waals surface area contributed by atoms with Crippen LogP contribution in [0.2, 0.25) is 0 Å². The molecule has 2 aliphatic rings. The van der Waals surface area contributed by atoms with Gasteiger partial charge in [-0.3, -0.25) is 14.9 Å². The number of hydrogen-bond acceptors (Lipinski definition) is 5. The van der Waals surface area contributed by atoms with Crippen molar-refractivity contribution in [2.75, 3.05) is 26.3 Å². The molecule has 2 aliphatic heterocycles. The predicted molar refractivity (Wildman–Crippen MR) is 77.4 cm³/mol. The minimum atomic E-state index is -0.561. The van der Waals surface area contributed by atoms with Crippen LogP contribution in [0.1, 0.15) is 24.2 Å². The number of hydrogen-bond donors (Lipinski definition) is 0. The van der Waals surface area contributed by atoms with Gasteiger partial charge >= 0.3 is 0 Å². The van der Waals surface area contributed by atoms with E-state index in [1.165, 1.54) is 24.3 Å². The van der Waals surface area contributed by atoms with Gasteiger partial charge in [-0.2, -0.15) is 0 Å². The van der Waals surface area contributed by atoms with Gasteiger partial charge in [-0.25, -0.2) is 0 Å². The smallest absolute Gasteiger partial charge is 0.269 e. The number of nitro benzene ring substituents is 1. The quantitative estimate of drug-likeness (QED) is 0.615. The molecule has 7 nitrogen and oxygen atoms in total. The molecule has 0 radical (unpaired) electrons. The van der Waals surface area contributed by atoms with E-state index in [2.05, 4.69) is 0 Å². The highest BCUT2D eigenvalue weighted by Gasteiger charge is 2.50. The average molecular weight is 306 g/mol. The second-order valence-corrected chi connectivity index (χ2v) is 6.44. The molecule has 1 aromatic carbocycles. The number of nitrogens with zero attached hydrogens (tertiary/aromatic N) is 2. The van der Waals surface area contributed by atoms with Crippen LogP contribution in [0, 0.1) is 15.5 Å². The van der Waals surface area contributed by atoms with Crippen molar-refractivity contribution >= 4 is 11.6 Å². The van der Waals surface area contributed by atoms with E-state index in [9.17, 15) is 14.9 Å². The summed E-state index contributed by atoms with van der Waals surface area (Å²) in [7, 11) is 0. The van der Waals surface area contributed by atoms with E-state index >= 15 is 0 Å². The standard InChI is InChI=1S/C15H18N2O5/c1-14(2)21-9-15(10-22-14)7-16(8-15)13(18)11-3-5-12(6-4-11)17(19)20/h3-6H,7-10H2,1-2H3. The number of amides is 1. The van der Waals surface area contributed by atoms with Gasteiger partial charge in [0.2, 0.25) is 0 Å². The summed E-state index contributed by atoms with van der Waals surface area (Å²) in [6, 6.07) is 5.67. The molecule has 0 unspecified atom stereocenters. The number of rotatable bonds is 2. The lowest BCUT2D eigenvalue weighted by Gasteiger charge is -2.54. The summed E-state index contributed by atoms with van der Waals surface area (Å²) in [6.45, 7) is 6.06. The van der Waals surface area contributed by atoms with E-state index in [-0.39, 0.29) is 17.0 Å². The minimum absolute atomic E-state index is 0.0204. The predicted octanol–water partition coefficient (Wildman–Crippen LogP) is 1.82. The van der Waals surface area contributed by atoms with Crippen LogP contribution in [-0.2, 0) is 9.47 Å². The van der Waals surface area contributed by atoms with E-state index < -0.39 is 10.7 Å². The summed E-state index contributed by atoms with van der Waals surface area (Å²) < 4.78 is 11.3. The molecule has 7 heteroatoms. The number of ether oxygens (including phenoxy) is 2. The van der Waals surface area contributed by atoms with Crippen LogP contribution in [0.4, 0.5) is 5.69 Å². The number of likely N-dealkylation sites (tertiary alicyclic amines) is 1. The van der Waals surface area contributed by atoms with E-state index in [0.29, 0.717) is 31.9 Å². The van der Waals surface area contributed by atoms with Gasteiger partial charge in [0.25, 0.3) is 11.6 Å². The number of non-ortho nitro benzene ring substituents is 1. The van der Waals surface area contributed by atoms with Crippen molar-refractivity contribution in [3.05, 3.63) is 39.9 Å². The fourth-order valence-electron chi connectivity index (χ4n) is 2.74. The zero-order valence-electron chi connectivity index (χ0n) is 12.6. The topological polar surface area (TPSA) is 81.9 Å². The molecule has 1 spiro atoms. The van der Waals surface area contributed by atoms with Crippen molar-refractivity contribution in [3.8, 4) is 0 Å². The molecule has 0 aliphatic carbocycles. The molecule has 0 aromatic heterocycles. The fourth-order valence-corrected chi connectivity index (χ4v) is 2.74. The lowest BCUT2D eigenvalue weighted by atomic mass is 9.80. The summed E-state index contributed by atoms with van der Waals surface area (Å²) in [5, 5.41) is 10.6. The van der Waals surface area contributed by atoms with Crippen molar-refractivity contribution in [3.63, 3.8) is 0 Å².